The van der Waals surface area contributed by atoms with Crippen molar-refractivity contribution < 1.29 is 9.47 Å². The Bertz CT molecular complexity index is 623. The van der Waals surface area contributed by atoms with Gasteiger partial charge in [0.1, 0.15) is 5.82 Å². The molecule has 6 nitrogen and oxygen atoms in total. The second kappa shape index (κ2) is 6.22. The molecule has 2 saturated heterocycles. The van der Waals surface area contributed by atoms with Crippen molar-refractivity contribution in [2.45, 2.75) is 44.5 Å². The van der Waals surface area contributed by atoms with Crippen LogP contribution in [-0.4, -0.2) is 46.7 Å². The zero-order valence-corrected chi connectivity index (χ0v) is 12.7. The van der Waals surface area contributed by atoms with Crippen molar-refractivity contribution in [1.29, 1.82) is 0 Å². The third kappa shape index (κ3) is 2.94. The topological polar surface area (TPSA) is 51.9 Å². The number of ether oxygens (including phenoxy) is 2. The van der Waals surface area contributed by atoms with Gasteiger partial charge in [0.15, 0.2) is 11.9 Å². The van der Waals surface area contributed by atoms with Crippen LogP contribution in [0, 0.1) is 0 Å². The average molecular weight is 302 g/mol. The molecule has 0 bridgehead atoms. The molecule has 0 aliphatic carbocycles. The maximum absolute atomic E-state index is 6.15. The quantitative estimate of drug-likeness (QED) is 0.870. The van der Waals surface area contributed by atoms with Crippen LogP contribution in [0.4, 0.5) is 5.82 Å². The van der Waals surface area contributed by atoms with E-state index in [1.54, 1.807) is 10.7 Å². The van der Waals surface area contributed by atoms with Crippen LogP contribution in [-0.2, 0) is 9.47 Å². The fraction of sp³-hybridized carbons (Fsp3) is 0.625. The van der Waals surface area contributed by atoms with E-state index >= 15 is 0 Å². The van der Waals surface area contributed by atoms with Gasteiger partial charge in [0, 0.05) is 32.0 Å². The molecule has 2 atom stereocenters. The summed E-state index contributed by atoms with van der Waals surface area (Å²) in [4.78, 5) is 6.99. The lowest BCUT2D eigenvalue weighted by Gasteiger charge is -2.36. The Morgan fingerprint density at radius 1 is 1.18 bits per heavy atom. The van der Waals surface area contributed by atoms with E-state index in [1.165, 1.54) is 6.42 Å². The standard InChI is InChI=1S/C16H22N4O2/c1-2-11-21-16(5-1)22-13-4-3-9-19(12-13)14-7-10-20-15(18-14)6-8-17-20/h6-8,10,13,16H,1-5,9,11-12H2/t13-,16?/m0/s1. The first kappa shape index (κ1) is 14.0. The molecule has 1 unspecified atom stereocenters. The van der Waals surface area contributed by atoms with Crippen molar-refractivity contribution in [1.82, 2.24) is 14.6 Å². The summed E-state index contributed by atoms with van der Waals surface area (Å²) in [6.07, 6.45) is 9.59. The number of aromatic nitrogens is 3. The highest BCUT2D eigenvalue weighted by molar-refractivity contribution is 5.47. The first-order valence-corrected chi connectivity index (χ1v) is 8.21. The number of anilines is 1. The van der Waals surface area contributed by atoms with E-state index in [9.17, 15) is 0 Å². The summed E-state index contributed by atoms with van der Waals surface area (Å²) in [6.45, 7) is 2.75. The van der Waals surface area contributed by atoms with E-state index < -0.39 is 0 Å². The summed E-state index contributed by atoms with van der Waals surface area (Å²) < 4.78 is 13.6. The van der Waals surface area contributed by atoms with Crippen molar-refractivity contribution in [3.05, 3.63) is 24.5 Å². The SMILES string of the molecule is c1cc2nc(N3CCC[C@H](OC4CCCCO4)C3)ccn2n1. The third-order valence-corrected chi connectivity index (χ3v) is 4.43. The Hall–Kier alpha value is -1.66. The van der Waals surface area contributed by atoms with Gasteiger partial charge in [-0.15, -0.1) is 0 Å². The molecule has 2 aliphatic heterocycles. The minimum atomic E-state index is -0.0102. The van der Waals surface area contributed by atoms with Gasteiger partial charge in [-0.2, -0.15) is 5.10 Å². The van der Waals surface area contributed by atoms with E-state index in [-0.39, 0.29) is 12.4 Å². The fourth-order valence-electron chi connectivity index (χ4n) is 3.27. The van der Waals surface area contributed by atoms with Crippen LogP contribution in [0.25, 0.3) is 5.65 Å². The minimum Gasteiger partial charge on any atom is -0.354 e. The van der Waals surface area contributed by atoms with Crippen LogP contribution in [0.5, 0.6) is 0 Å². The maximum atomic E-state index is 6.15. The predicted octanol–water partition coefficient (Wildman–Crippen LogP) is 2.24. The summed E-state index contributed by atoms with van der Waals surface area (Å²) in [5.74, 6) is 1.01. The number of nitrogens with zero attached hydrogens (tertiary/aromatic N) is 4. The van der Waals surface area contributed by atoms with Crippen molar-refractivity contribution in [2.75, 3.05) is 24.6 Å². The van der Waals surface area contributed by atoms with Gasteiger partial charge in [-0.1, -0.05) is 0 Å². The Morgan fingerprint density at radius 3 is 3.09 bits per heavy atom. The van der Waals surface area contributed by atoms with Crippen LogP contribution in [0.3, 0.4) is 0 Å². The molecule has 0 radical (unpaired) electrons. The highest BCUT2D eigenvalue weighted by Gasteiger charge is 2.25. The Balaban J connectivity index is 1.43. The second-order valence-electron chi connectivity index (χ2n) is 6.06. The fourth-order valence-corrected chi connectivity index (χ4v) is 3.27. The molecule has 0 aromatic carbocycles. The summed E-state index contributed by atoms with van der Waals surface area (Å²) >= 11 is 0. The monoisotopic (exact) mass is 302 g/mol. The molecule has 2 aromatic heterocycles. The predicted molar refractivity (Wildman–Crippen MR) is 82.9 cm³/mol. The molecule has 4 heterocycles. The average Bonchev–Trinajstić information content (AvgIpc) is 3.04. The molecule has 0 spiro atoms. The lowest BCUT2D eigenvalue weighted by Crippen LogP contribution is -2.42. The van der Waals surface area contributed by atoms with Crippen molar-refractivity contribution in [2.24, 2.45) is 0 Å². The Labute approximate surface area is 130 Å². The van der Waals surface area contributed by atoms with Gasteiger partial charge in [-0.25, -0.2) is 9.50 Å². The molecule has 2 aromatic rings. The summed E-state index contributed by atoms with van der Waals surface area (Å²) in [5.41, 5.74) is 0.885. The number of fused-ring (bicyclic) bond motifs is 1. The van der Waals surface area contributed by atoms with E-state index in [1.807, 2.05) is 18.3 Å². The number of rotatable bonds is 3. The maximum Gasteiger partial charge on any atom is 0.158 e. The van der Waals surface area contributed by atoms with Gasteiger partial charge in [-0.05, 0) is 38.2 Å². The number of hydrogen-bond acceptors (Lipinski definition) is 5. The van der Waals surface area contributed by atoms with Crippen LogP contribution in [0.2, 0.25) is 0 Å². The smallest absolute Gasteiger partial charge is 0.158 e. The van der Waals surface area contributed by atoms with Gasteiger partial charge in [0.05, 0.1) is 12.3 Å². The molecule has 0 saturated carbocycles. The van der Waals surface area contributed by atoms with Gasteiger partial charge in [-0.3, -0.25) is 0 Å². The third-order valence-electron chi connectivity index (χ3n) is 4.43. The Kier molecular flexibility index (Phi) is 3.95. The highest BCUT2D eigenvalue weighted by atomic mass is 16.7. The Morgan fingerprint density at radius 2 is 2.18 bits per heavy atom. The van der Waals surface area contributed by atoms with Crippen LogP contribution in [0.15, 0.2) is 24.5 Å². The zero-order valence-electron chi connectivity index (χ0n) is 12.7. The van der Waals surface area contributed by atoms with E-state index in [2.05, 4.69) is 15.0 Å². The second-order valence-corrected chi connectivity index (χ2v) is 6.06. The van der Waals surface area contributed by atoms with Crippen LogP contribution >= 0.6 is 0 Å². The molecule has 0 amide bonds. The van der Waals surface area contributed by atoms with Crippen LogP contribution < -0.4 is 4.90 Å². The molecule has 6 heteroatoms. The molecule has 2 aliphatic rings. The molecule has 0 N–H and O–H groups in total. The summed E-state index contributed by atoms with van der Waals surface area (Å²) in [7, 11) is 0. The van der Waals surface area contributed by atoms with Crippen molar-refractivity contribution >= 4 is 11.5 Å². The largest absolute Gasteiger partial charge is 0.354 e. The first-order valence-electron chi connectivity index (χ1n) is 8.21. The number of piperidine rings is 1. The zero-order chi connectivity index (χ0) is 14.8. The molecular formula is C16H22N4O2. The van der Waals surface area contributed by atoms with Gasteiger partial charge in [0.2, 0.25) is 0 Å². The van der Waals surface area contributed by atoms with E-state index in [0.717, 1.165) is 56.8 Å². The van der Waals surface area contributed by atoms with Gasteiger partial charge < -0.3 is 14.4 Å². The van der Waals surface area contributed by atoms with Crippen LogP contribution in [0.1, 0.15) is 32.1 Å². The normalized spacial score (nSPS) is 26.5. The van der Waals surface area contributed by atoms with Gasteiger partial charge in [0.25, 0.3) is 0 Å². The molecule has 118 valence electrons. The molecule has 22 heavy (non-hydrogen) atoms. The minimum absolute atomic E-state index is 0.0102. The lowest BCUT2D eigenvalue weighted by atomic mass is 10.1. The van der Waals surface area contributed by atoms with Gasteiger partial charge >= 0.3 is 0 Å². The summed E-state index contributed by atoms with van der Waals surface area (Å²) in [5, 5.41) is 4.19. The van der Waals surface area contributed by atoms with E-state index in [0.29, 0.717) is 0 Å². The van der Waals surface area contributed by atoms with Crippen molar-refractivity contribution in [3.63, 3.8) is 0 Å². The van der Waals surface area contributed by atoms with E-state index in [4.69, 9.17) is 9.47 Å². The van der Waals surface area contributed by atoms with Crippen molar-refractivity contribution in [3.8, 4) is 0 Å². The summed E-state index contributed by atoms with van der Waals surface area (Å²) in [6, 6.07) is 3.96. The first-order chi connectivity index (χ1) is 10.9. The highest BCUT2D eigenvalue weighted by Crippen LogP contribution is 2.23. The lowest BCUT2D eigenvalue weighted by molar-refractivity contribution is -0.188. The number of hydrogen-bond donors (Lipinski definition) is 0. The molecule has 2 fully saturated rings. The molecular weight excluding hydrogens is 280 g/mol. The molecule has 4 rings (SSSR count).